The molecule has 0 bridgehead atoms. The molecule has 21 heavy (non-hydrogen) atoms. The average molecular weight is 284 g/mol. The van der Waals surface area contributed by atoms with Gasteiger partial charge in [0.1, 0.15) is 5.82 Å². The zero-order valence-electron chi connectivity index (χ0n) is 11.9. The van der Waals surface area contributed by atoms with Gasteiger partial charge in [-0.05, 0) is 37.1 Å². The van der Waals surface area contributed by atoms with Gasteiger partial charge in [0.05, 0.1) is 11.9 Å². The molecule has 1 aromatic heterocycles. The number of hydrogen-bond acceptors (Lipinski definition) is 4. The molecule has 2 rings (SSSR count). The lowest BCUT2D eigenvalue weighted by Crippen LogP contribution is -2.24. The first-order valence-corrected chi connectivity index (χ1v) is 7.04. The fourth-order valence-corrected chi connectivity index (χ4v) is 1.87. The number of unbranched alkanes of at least 4 members (excludes halogenated alkanes) is 1. The van der Waals surface area contributed by atoms with E-state index in [4.69, 9.17) is 5.73 Å². The predicted molar refractivity (Wildman–Crippen MR) is 85.1 cm³/mol. The Bertz CT molecular complexity index is 554. The molecule has 0 saturated carbocycles. The fraction of sp³-hybridized carbons (Fsp3) is 0.250. The van der Waals surface area contributed by atoms with Crippen LogP contribution in [0.1, 0.15) is 23.2 Å². The molecule has 5 nitrogen and oxygen atoms in total. The Morgan fingerprint density at radius 3 is 2.52 bits per heavy atom. The first kappa shape index (κ1) is 14.8. The van der Waals surface area contributed by atoms with Gasteiger partial charge in [-0.2, -0.15) is 0 Å². The maximum atomic E-state index is 11.8. The molecule has 0 radical (unpaired) electrons. The van der Waals surface area contributed by atoms with Crippen molar-refractivity contribution in [3.63, 3.8) is 0 Å². The molecule has 110 valence electrons. The number of nitrogen functional groups attached to an aromatic ring is 1. The van der Waals surface area contributed by atoms with Crippen molar-refractivity contribution in [2.45, 2.75) is 12.8 Å². The lowest BCUT2D eigenvalue weighted by atomic mass is 10.2. The summed E-state index contributed by atoms with van der Waals surface area (Å²) >= 11 is 0. The summed E-state index contributed by atoms with van der Waals surface area (Å²) in [6, 6.07) is 12.9. The molecule has 0 unspecified atom stereocenters. The van der Waals surface area contributed by atoms with Crippen molar-refractivity contribution >= 4 is 17.4 Å². The summed E-state index contributed by atoms with van der Waals surface area (Å²) < 4.78 is 0. The molecule has 2 aromatic rings. The maximum absolute atomic E-state index is 11.8. The lowest BCUT2D eigenvalue weighted by molar-refractivity contribution is 0.0953. The van der Waals surface area contributed by atoms with Crippen molar-refractivity contribution in [1.82, 2.24) is 10.3 Å². The summed E-state index contributed by atoms with van der Waals surface area (Å²) in [4.78, 5) is 15.9. The van der Waals surface area contributed by atoms with Crippen molar-refractivity contribution in [2.75, 3.05) is 24.1 Å². The van der Waals surface area contributed by atoms with Crippen LogP contribution in [0, 0.1) is 0 Å². The number of nitrogens with zero attached hydrogens (tertiary/aromatic N) is 1. The van der Waals surface area contributed by atoms with Crippen molar-refractivity contribution in [3.8, 4) is 0 Å². The second-order valence-corrected chi connectivity index (χ2v) is 4.73. The van der Waals surface area contributed by atoms with E-state index in [0.717, 1.165) is 25.2 Å². The van der Waals surface area contributed by atoms with E-state index in [2.05, 4.69) is 15.6 Å². The largest absolute Gasteiger partial charge is 0.397 e. The Morgan fingerprint density at radius 2 is 1.81 bits per heavy atom. The first-order valence-electron chi connectivity index (χ1n) is 7.04. The Labute approximate surface area is 124 Å². The van der Waals surface area contributed by atoms with Gasteiger partial charge in [0.15, 0.2) is 0 Å². The van der Waals surface area contributed by atoms with Crippen LogP contribution in [-0.2, 0) is 0 Å². The number of carbonyl (C=O) groups excluding carboxylic acids is 1. The van der Waals surface area contributed by atoms with Gasteiger partial charge in [-0.15, -0.1) is 0 Å². The minimum atomic E-state index is -0.0243. The quantitative estimate of drug-likeness (QED) is 0.681. The van der Waals surface area contributed by atoms with Gasteiger partial charge >= 0.3 is 0 Å². The van der Waals surface area contributed by atoms with Crippen LogP contribution in [0.4, 0.5) is 11.5 Å². The third-order valence-corrected chi connectivity index (χ3v) is 3.02. The molecule has 0 saturated heterocycles. The minimum absolute atomic E-state index is 0.0243. The third-order valence-electron chi connectivity index (χ3n) is 3.02. The highest BCUT2D eigenvalue weighted by Crippen LogP contribution is 2.05. The fourth-order valence-electron chi connectivity index (χ4n) is 1.87. The number of hydrogen-bond donors (Lipinski definition) is 3. The summed E-state index contributed by atoms with van der Waals surface area (Å²) in [6.45, 7) is 1.49. The molecule has 1 heterocycles. The van der Waals surface area contributed by atoms with Crippen molar-refractivity contribution in [2.24, 2.45) is 0 Å². The van der Waals surface area contributed by atoms with Gasteiger partial charge in [-0.3, -0.25) is 4.79 Å². The minimum Gasteiger partial charge on any atom is -0.397 e. The summed E-state index contributed by atoms with van der Waals surface area (Å²) in [6.07, 6.45) is 3.50. The van der Waals surface area contributed by atoms with Crippen molar-refractivity contribution in [1.29, 1.82) is 0 Å². The molecule has 0 aliphatic rings. The third kappa shape index (κ3) is 5.14. The molecule has 1 amide bonds. The van der Waals surface area contributed by atoms with Crippen molar-refractivity contribution < 1.29 is 4.79 Å². The zero-order chi connectivity index (χ0) is 14.9. The number of pyridine rings is 1. The molecule has 5 heteroatoms. The number of anilines is 2. The van der Waals surface area contributed by atoms with Gasteiger partial charge in [0.25, 0.3) is 5.91 Å². The second kappa shape index (κ2) is 7.89. The van der Waals surface area contributed by atoms with Crippen LogP contribution in [0.15, 0.2) is 48.7 Å². The van der Waals surface area contributed by atoms with E-state index in [0.29, 0.717) is 17.8 Å². The summed E-state index contributed by atoms with van der Waals surface area (Å²) in [5.74, 6) is 0.793. The Kier molecular flexibility index (Phi) is 5.58. The highest BCUT2D eigenvalue weighted by Gasteiger charge is 2.02. The standard InChI is InChI=1S/C16H20N4O/c17-14-8-9-15(20-12-14)18-10-4-5-11-19-16(21)13-6-2-1-3-7-13/h1-3,6-9,12H,4-5,10-11,17H2,(H,18,20)(H,19,21). The van der Waals surface area contributed by atoms with Crippen LogP contribution in [0.2, 0.25) is 0 Å². The van der Waals surface area contributed by atoms with Crippen LogP contribution in [0.5, 0.6) is 0 Å². The van der Waals surface area contributed by atoms with Crippen LogP contribution in [0.3, 0.4) is 0 Å². The van der Waals surface area contributed by atoms with Crippen LogP contribution >= 0.6 is 0 Å². The maximum Gasteiger partial charge on any atom is 0.251 e. The normalized spacial score (nSPS) is 10.1. The van der Waals surface area contributed by atoms with E-state index in [1.807, 2.05) is 42.5 Å². The average Bonchev–Trinajstić information content (AvgIpc) is 2.53. The van der Waals surface area contributed by atoms with Crippen LogP contribution < -0.4 is 16.4 Å². The predicted octanol–water partition coefficient (Wildman–Crippen LogP) is 2.29. The van der Waals surface area contributed by atoms with Gasteiger partial charge in [0.2, 0.25) is 0 Å². The number of nitrogens with two attached hydrogens (primary N) is 1. The number of carbonyl (C=O) groups is 1. The van der Waals surface area contributed by atoms with Crippen LogP contribution in [-0.4, -0.2) is 24.0 Å². The van der Waals surface area contributed by atoms with Gasteiger partial charge in [-0.1, -0.05) is 18.2 Å². The number of aromatic nitrogens is 1. The molecular weight excluding hydrogens is 264 g/mol. The SMILES string of the molecule is Nc1ccc(NCCCCNC(=O)c2ccccc2)nc1. The first-order chi connectivity index (χ1) is 10.3. The molecule has 0 fully saturated rings. The zero-order valence-corrected chi connectivity index (χ0v) is 11.9. The highest BCUT2D eigenvalue weighted by molar-refractivity contribution is 5.94. The van der Waals surface area contributed by atoms with Gasteiger partial charge in [-0.25, -0.2) is 4.98 Å². The number of rotatable bonds is 7. The highest BCUT2D eigenvalue weighted by atomic mass is 16.1. The number of benzene rings is 1. The lowest BCUT2D eigenvalue weighted by Gasteiger charge is -2.07. The van der Waals surface area contributed by atoms with E-state index in [-0.39, 0.29) is 5.91 Å². The van der Waals surface area contributed by atoms with Crippen molar-refractivity contribution in [3.05, 3.63) is 54.2 Å². The van der Waals surface area contributed by atoms with E-state index in [9.17, 15) is 4.79 Å². The van der Waals surface area contributed by atoms with E-state index in [1.165, 1.54) is 0 Å². The van der Waals surface area contributed by atoms with E-state index >= 15 is 0 Å². The van der Waals surface area contributed by atoms with Crippen LogP contribution in [0.25, 0.3) is 0 Å². The summed E-state index contributed by atoms with van der Waals surface area (Å²) in [5.41, 5.74) is 6.92. The molecule has 1 aromatic carbocycles. The molecule has 0 atom stereocenters. The molecule has 4 N–H and O–H groups in total. The van der Waals surface area contributed by atoms with E-state index in [1.54, 1.807) is 6.20 Å². The van der Waals surface area contributed by atoms with E-state index < -0.39 is 0 Å². The monoisotopic (exact) mass is 284 g/mol. The van der Waals surface area contributed by atoms with Gasteiger partial charge in [0, 0.05) is 18.7 Å². The Morgan fingerprint density at radius 1 is 1.05 bits per heavy atom. The smallest absolute Gasteiger partial charge is 0.251 e. The molecular formula is C16H20N4O. The summed E-state index contributed by atoms with van der Waals surface area (Å²) in [7, 11) is 0. The molecule has 0 aliphatic carbocycles. The molecule has 0 aliphatic heterocycles. The molecule has 0 spiro atoms. The summed E-state index contributed by atoms with van der Waals surface area (Å²) in [5, 5.41) is 6.12. The Balaban J connectivity index is 1.58. The number of amides is 1. The second-order valence-electron chi connectivity index (χ2n) is 4.73. The number of nitrogens with one attached hydrogen (secondary N) is 2. The van der Waals surface area contributed by atoms with Gasteiger partial charge < -0.3 is 16.4 Å². The topological polar surface area (TPSA) is 80.0 Å². The Hall–Kier alpha value is -2.56.